The van der Waals surface area contributed by atoms with Gasteiger partial charge >= 0.3 is 59.1 Å². The van der Waals surface area contributed by atoms with Crippen molar-refractivity contribution in [2.24, 2.45) is 0 Å². The second-order valence-corrected chi connectivity index (χ2v) is 13.3. The third-order valence-corrected chi connectivity index (χ3v) is 8.63. The predicted octanol–water partition coefficient (Wildman–Crippen LogP) is -7.28. The summed E-state index contributed by atoms with van der Waals surface area (Å²) < 4.78 is 113. The average molecular weight is 601 g/mol. The molecule has 0 aliphatic heterocycles. The summed E-state index contributed by atoms with van der Waals surface area (Å²) in [6.45, 7) is 0. The summed E-state index contributed by atoms with van der Waals surface area (Å²) >= 11 is 0. The van der Waals surface area contributed by atoms with Crippen LogP contribution in [0.5, 0.6) is 0 Å². The smallest absolute Gasteiger partial charge is 0.289 e. The number of fused-ring (bicyclic) bond motifs is 2. The van der Waals surface area contributed by atoms with E-state index in [1.54, 1.807) is 9.44 Å². The van der Waals surface area contributed by atoms with Crippen molar-refractivity contribution in [1.82, 2.24) is 9.44 Å². The van der Waals surface area contributed by atoms with Crippen LogP contribution in [0.25, 0.3) is 0 Å². The number of ketones is 2. The molecule has 4 N–H and O–H groups in total. The Labute approximate surface area is 250 Å². The number of hydrogen-bond donors (Lipinski definition) is 4. The van der Waals surface area contributed by atoms with E-state index in [-0.39, 0.29) is 81.4 Å². The Balaban J connectivity index is 0.00000324. The first kappa shape index (κ1) is 33.4. The molecule has 14 nitrogen and oxygen atoms in total. The maximum Gasteiger partial charge on any atom is 1.00 e. The first-order valence-electron chi connectivity index (χ1n) is 8.68. The normalized spacial score (nSPS) is 13.7. The molecule has 0 spiro atoms. The average Bonchev–Trinajstić information content (AvgIpc) is 2.73. The zero-order chi connectivity index (χ0) is 25.7. The molecular weight excluding hydrogens is 586 g/mol. The summed E-state index contributed by atoms with van der Waals surface area (Å²) in [5.41, 5.74) is -1.25. The van der Waals surface area contributed by atoms with Gasteiger partial charge in [-0.3, -0.25) is 18.7 Å². The van der Waals surface area contributed by atoms with Crippen LogP contribution in [0.1, 0.15) is 31.8 Å². The van der Waals surface area contributed by atoms with Crippen LogP contribution in [-0.2, 0) is 40.3 Å². The van der Waals surface area contributed by atoms with Gasteiger partial charge < -0.3 is 0 Å². The Hall–Kier alpha value is -0.580. The van der Waals surface area contributed by atoms with Crippen molar-refractivity contribution in [3.05, 3.63) is 58.7 Å². The monoisotopic (exact) mass is 600 g/mol. The molecule has 0 fully saturated rings. The Bertz CT molecular complexity index is 1540. The van der Waals surface area contributed by atoms with Gasteiger partial charge in [0.15, 0.2) is 11.6 Å². The molecule has 2 aromatic rings. The van der Waals surface area contributed by atoms with Crippen molar-refractivity contribution in [1.29, 1.82) is 0 Å². The molecule has 0 unspecified atom stereocenters. The van der Waals surface area contributed by atoms with E-state index in [9.17, 15) is 43.3 Å². The van der Waals surface area contributed by atoms with Gasteiger partial charge in [0.25, 0.3) is 20.2 Å². The molecule has 1 aliphatic carbocycles. The zero-order valence-electron chi connectivity index (χ0n) is 18.5. The summed E-state index contributed by atoms with van der Waals surface area (Å²) in [6, 6.07) is 5.38. The van der Waals surface area contributed by atoms with Gasteiger partial charge in [0.05, 0.1) is 9.79 Å². The second-order valence-electron chi connectivity index (χ2n) is 6.82. The van der Waals surface area contributed by atoms with Gasteiger partial charge in [-0.25, -0.2) is 16.8 Å². The molecule has 36 heavy (non-hydrogen) atoms. The molecule has 0 bridgehead atoms. The van der Waals surface area contributed by atoms with Gasteiger partial charge in [-0.05, 0) is 36.4 Å². The third-order valence-electron chi connectivity index (χ3n) is 4.44. The van der Waals surface area contributed by atoms with Crippen LogP contribution in [0.15, 0.2) is 46.2 Å². The summed E-state index contributed by atoms with van der Waals surface area (Å²) in [4.78, 5) is 24.6. The van der Waals surface area contributed by atoms with Gasteiger partial charge in [-0.1, -0.05) is 0 Å². The molecule has 0 atom stereocenters. The fourth-order valence-corrected chi connectivity index (χ4v) is 6.72. The standard InChI is InChI=1S/C16H14N2O12S4.2Na/c19-15-11-3-1-9(33(27,28)17-7-31(21,22)23)5-13(11)16(20)12-4-2-10(6-14(12)15)34(29,30)18-8-32(24,25)26;;/h1-6,17-18H,7-8H2,(H,21,22,23)(H,24,25,26);;/q;2*+1. The first-order chi connectivity index (χ1) is 15.4. The van der Waals surface area contributed by atoms with Crippen molar-refractivity contribution in [3.8, 4) is 0 Å². The van der Waals surface area contributed by atoms with Crippen LogP contribution in [0.2, 0.25) is 0 Å². The second kappa shape index (κ2) is 11.7. The Morgan fingerprint density at radius 3 is 1.14 bits per heavy atom. The number of carbonyl (C=O) groups excluding carboxylic acids is 2. The third kappa shape index (κ3) is 7.73. The maximum atomic E-state index is 12.9. The minimum atomic E-state index is -4.68. The van der Waals surface area contributed by atoms with E-state index in [1.165, 1.54) is 0 Å². The maximum absolute atomic E-state index is 12.9. The van der Waals surface area contributed by atoms with E-state index in [2.05, 4.69) is 0 Å². The van der Waals surface area contributed by atoms with Gasteiger partial charge in [-0.2, -0.15) is 26.3 Å². The van der Waals surface area contributed by atoms with Crippen molar-refractivity contribution < 1.29 is 111 Å². The summed E-state index contributed by atoms with van der Waals surface area (Å²) in [6.07, 6.45) is 0. The van der Waals surface area contributed by atoms with Crippen LogP contribution in [0, 0.1) is 0 Å². The summed E-state index contributed by atoms with van der Waals surface area (Å²) in [7, 11) is -18.4. The topological polar surface area (TPSA) is 235 Å². The molecule has 1 aliphatic rings. The largest absolute Gasteiger partial charge is 1.00 e. The van der Waals surface area contributed by atoms with Crippen molar-refractivity contribution >= 4 is 51.8 Å². The van der Waals surface area contributed by atoms with Gasteiger partial charge in [-0.15, -0.1) is 0 Å². The number of sulfonamides is 2. The van der Waals surface area contributed by atoms with E-state index in [1.807, 2.05) is 0 Å². The molecule has 0 heterocycles. The number of hydrogen-bond acceptors (Lipinski definition) is 10. The van der Waals surface area contributed by atoms with E-state index < -0.39 is 73.4 Å². The summed E-state index contributed by atoms with van der Waals surface area (Å²) in [5.74, 6) is -4.34. The minimum absolute atomic E-state index is 0. The van der Waals surface area contributed by atoms with E-state index in [4.69, 9.17) is 9.11 Å². The SMILES string of the molecule is O=C1c2ccc(S(=O)(=O)NCS(=O)(=O)O)cc2C(=O)c2ccc(S(=O)(=O)NCS(=O)(=O)O)cc21.[Na+].[Na+]. The molecule has 0 aromatic heterocycles. The van der Waals surface area contributed by atoms with Crippen LogP contribution in [-0.4, -0.2) is 66.1 Å². The molecule has 3 rings (SSSR count). The molecule has 2 aromatic carbocycles. The number of nitrogens with one attached hydrogen (secondary N) is 2. The van der Waals surface area contributed by atoms with Gasteiger partial charge in [0.1, 0.15) is 11.8 Å². The molecule has 20 heteroatoms. The number of rotatable bonds is 8. The zero-order valence-corrected chi connectivity index (χ0v) is 25.8. The van der Waals surface area contributed by atoms with Gasteiger partial charge in [0.2, 0.25) is 20.0 Å². The van der Waals surface area contributed by atoms with Crippen molar-refractivity contribution in [2.75, 3.05) is 11.8 Å². The van der Waals surface area contributed by atoms with E-state index in [0.29, 0.717) is 0 Å². The number of benzene rings is 2. The molecule has 0 radical (unpaired) electrons. The molecule has 0 saturated heterocycles. The van der Waals surface area contributed by atoms with Crippen molar-refractivity contribution in [2.45, 2.75) is 9.79 Å². The van der Waals surface area contributed by atoms with Crippen molar-refractivity contribution in [3.63, 3.8) is 0 Å². The van der Waals surface area contributed by atoms with Crippen LogP contribution < -0.4 is 68.6 Å². The molecule has 0 amide bonds. The Kier molecular flexibility index (Phi) is 10.8. The number of carbonyl (C=O) groups is 2. The quantitative estimate of drug-likeness (QED) is 0.139. The van der Waals surface area contributed by atoms with E-state index >= 15 is 0 Å². The van der Waals surface area contributed by atoms with E-state index in [0.717, 1.165) is 36.4 Å². The molecule has 0 saturated carbocycles. The Morgan fingerprint density at radius 1 is 0.556 bits per heavy atom. The van der Waals surface area contributed by atoms with Crippen LogP contribution in [0.3, 0.4) is 0 Å². The molecular formula is C16H14N2Na2O12S4+2. The van der Waals surface area contributed by atoms with Crippen LogP contribution >= 0.6 is 0 Å². The van der Waals surface area contributed by atoms with Crippen LogP contribution in [0.4, 0.5) is 0 Å². The first-order valence-corrected chi connectivity index (χ1v) is 14.9. The molecule has 184 valence electrons. The summed E-state index contributed by atoms with van der Waals surface area (Å²) in [5, 5.41) is 0. The minimum Gasteiger partial charge on any atom is -0.289 e. The fraction of sp³-hybridized carbons (Fsp3) is 0.125. The Morgan fingerprint density at radius 2 is 0.861 bits per heavy atom. The predicted molar refractivity (Wildman–Crippen MR) is 113 cm³/mol. The fourth-order valence-electron chi connectivity index (χ4n) is 2.91. The van der Waals surface area contributed by atoms with Gasteiger partial charge in [0, 0.05) is 22.3 Å².